The molecule has 2 rings (SSSR count). The topological polar surface area (TPSA) is 61.0 Å². The van der Waals surface area contributed by atoms with Gasteiger partial charge in [-0.15, -0.1) is 0 Å². The molecule has 1 aromatic carbocycles. The zero-order valence-electron chi connectivity index (χ0n) is 11.9. The number of benzene rings is 1. The first kappa shape index (κ1) is 14.2. The van der Waals surface area contributed by atoms with E-state index in [0.717, 1.165) is 18.4 Å². The number of aryl methyl sites for hydroxylation is 1. The molecular weight excluding hydrogens is 257 g/mol. The Labute approximate surface area is 117 Å². The van der Waals surface area contributed by atoms with Crippen LogP contribution in [0.25, 0.3) is 11.3 Å². The lowest BCUT2D eigenvalue weighted by atomic mass is 10.1. The maximum Gasteiger partial charge on any atom is 0.165 e. The molecule has 0 fully saturated rings. The highest BCUT2D eigenvalue weighted by atomic mass is 19.1. The minimum absolute atomic E-state index is 0.210. The Kier molecular flexibility index (Phi) is 4.17. The molecular formula is C15H18FN3O. The minimum Gasteiger partial charge on any atom is -0.494 e. The zero-order valence-corrected chi connectivity index (χ0v) is 11.9. The van der Waals surface area contributed by atoms with Gasteiger partial charge in [-0.2, -0.15) is 0 Å². The Morgan fingerprint density at radius 1 is 1.30 bits per heavy atom. The highest BCUT2D eigenvalue weighted by Crippen LogP contribution is 2.28. The molecule has 2 aromatic rings. The van der Waals surface area contributed by atoms with E-state index in [9.17, 15) is 4.39 Å². The second-order valence-corrected chi connectivity index (χ2v) is 4.60. The predicted octanol–water partition coefficient (Wildman–Crippen LogP) is 3.13. The Bertz CT molecular complexity index is 629. The number of rotatable bonds is 4. The summed E-state index contributed by atoms with van der Waals surface area (Å²) in [5, 5.41) is 0. The molecule has 0 radical (unpaired) electrons. The molecule has 1 heterocycles. The van der Waals surface area contributed by atoms with Crippen molar-refractivity contribution in [3.05, 3.63) is 35.4 Å². The first-order chi connectivity index (χ1) is 9.56. The highest BCUT2D eigenvalue weighted by molar-refractivity contribution is 5.68. The zero-order chi connectivity index (χ0) is 14.7. The van der Waals surface area contributed by atoms with Crippen molar-refractivity contribution in [2.45, 2.75) is 26.7 Å². The van der Waals surface area contributed by atoms with Crippen LogP contribution in [0.1, 0.15) is 24.7 Å². The fourth-order valence-corrected chi connectivity index (χ4v) is 2.01. The molecule has 1 aromatic heterocycles. The van der Waals surface area contributed by atoms with Crippen LogP contribution in [-0.4, -0.2) is 17.1 Å². The summed E-state index contributed by atoms with van der Waals surface area (Å²) in [6, 6.07) is 4.76. The van der Waals surface area contributed by atoms with Crippen LogP contribution >= 0.6 is 0 Å². The van der Waals surface area contributed by atoms with Gasteiger partial charge in [0.15, 0.2) is 11.6 Å². The summed E-state index contributed by atoms with van der Waals surface area (Å²) in [5.74, 6) is 0.914. The molecule has 2 N–H and O–H groups in total. The Morgan fingerprint density at radius 2 is 2.05 bits per heavy atom. The van der Waals surface area contributed by atoms with E-state index in [0.29, 0.717) is 22.9 Å². The molecule has 0 aliphatic carbocycles. The fourth-order valence-electron chi connectivity index (χ4n) is 2.01. The van der Waals surface area contributed by atoms with Crippen molar-refractivity contribution in [2.75, 3.05) is 12.8 Å². The largest absolute Gasteiger partial charge is 0.494 e. The van der Waals surface area contributed by atoms with Crippen molar-refractivity contribution in [1.82, 2.24) is 9.97 Å². The molecule has 0 atom stereocenters. The molecule has 5 heteroatoms. The van der Waals surface area contributed by atoms with Gasteiger partial charge in [0.2, 0.25) is 0 Å². The Morgan fingerprint density at radius 3 is 2.65 bits per heavy atom. The summed E-state index contributed by atoms with van der Waals surface area (Å²) < 4.78 is 18.7. The van der Waals surface area contributed by atoms with Crippen molar-refractivity contribution < 1.29 is 9.13 Å². The standard InChI is InChI=1S/C15H18FN3O/c1-4-5-13-18-14(9(2)15(17)19-13)10-6-7-12(20-3)11(16)8-10/h6-8H,4-5H2,1-3H3,(H2,17,18,19). The van der Waals surface area contributed by atoms with Crippen LogP contribution in [0.5, 0.6) is 5.75 Å². The summed E-state index contributed by atoms with van der Waals surface area (Å²) in [6.45, 7) is 3.88. The van der Waals surface area contributed by atoms with Gasteiger partial charge in [-0.3, -0.25) is 0 Å². The van der Waals surface area contributed by atoms with Crippen molar-refractivity contribution in [1.29, 1.82) is 0 Å². The summed E-state index contributed by atoms with van der Waals surface area (Å²) in [4.78, 5) is 8.74. The maximum atomic E-state index is 13.8. The Balaban J connectivity index is 2.53. The first-order valence-electron chi connectivity index (χ1n) is 6.53. The molecule has 0 saturated carbocycles. The molecule has 20 heavy (non-hydrogen) atoms. The molecule has 0 bridgehead atoms. The molecule has 0 unspecified atom stereocenters. The third-order valence-electron chi connectivity index (χ3n) is 3.13. The molecule has 0 amide bonds. The maximum absolute atomic E-state index is 13.8. The average molecular weight is 275 g/mol. The van der Waals surface area contributed by atoms with Crippen LogP contribution in [0.3, 0.4) is 0 Å². The SMILES string of the molecule is CCCc1nc(N)c(C)c(-c2ccc(OC)c(F)c2)n1. The molecule has 106 valence electrons. The number of anilines is 1. The molecule has 0 aliphatic heterocycles. The molecule has 4 nitrogen and oxygen atoms in total. The van der Waals surface area contributed by atoms with Crippen LogP contribution in [0.4, 0.5) is 10.2 Å². The van der Waals surface area contributed by atoms with Crippen LogP contribution in [-0.2, 0) is 6.42 Å². The second-order valence-electron chi connectivity index (χ2n) is 4.60. The van der Waals surface area contributed by atoms with E-state index in [2.05, 4.69) is 9.97 Å². The highest BCUT2D eigenvalue weighted by Gasteiger charge is 2.12. The van der Waals surface area contributed by atoms with Gasteiger partial charge in [0.05, 0.1) is 12.8 Å². The van der Waals surface area contributed by atoms with Gasteiger partial charge in [-0.1, -0.05) is 6.92 Å². The number of hydrogen-bond acceptors (Lipinski definition) is 4. The third kappa shape index (κ3) is 2.71. The van der Waals surface area contributed by atoms with Gasteiger partial charge in [0, 0.05) is 17.5 Å². The van der Waals surface area contributed by atoms with Gasteiger partial charge in [-0.05, 0) is 31.5 Å². The van der Waals surface area contributed by atoms with Gasteiger partial charge >= 0.3 is 0 Å². The number of ether oxygens (including phenoxy) is 1. The van der Waals surface area contributed by atoms with E-state index in [-0.39, 0.29) is 5.75 Å². The van der Waals surface area contributed by atoms with Crippen LogP contribution in [0.15, 0.2) is 18.2 Å². The van der Waals surface area contributed by atoms with E-state index >= 15 is 0 Å². The summed E-state index contributed by atoms with van der Waals surface area (Å²) in [7, 11) is 1.44. The summed E-state index contributed by atoms with van der Waals surface area (Å²) in [6.07, 6.45) is 1.68. The van der Waals surface area contributed by atoms with Gasteiger partial charge in [0.1, 0.15) is 11.6 Å². The van der Waals surface area contributed by atoms with E-state index < -0.39 is 5.82 Å². The number of nitrogens with zero attached hydrogens (tertiary/aromatic N) is 2. The van der Waals surface area contributed by atoms with E-state index in [1.54, 1.807) is 12.1 Å². The quantitative estimate of drug-likeness (QED) is 0.931. The van der Waals surface area contributed by atoms with Gasteiger partial charge < -0.3 is 10.5 Å². The van der Waals surface area contributed by atoms with Crippen LogP contribution in [0, 0.1) is 12.7 Å². The van der Waals surface area contributed by atoms with Crippen molar-refractivity contribution >= 4 is 5.82 Å². The number of halogens is 1. The van der Waals surface area contributed by atoms with Crippen molar-refractivity contribution in [3.8, 4) is 17.0 Å². The van der Waals surface area contributed by atoms with E-state index in [1.165, 1.54) is 13.2 Å². The first-order valence-corrected chi connectivity index (χ1v) is 6.53. The number of aromatic nitrogens is 2. The smallest absolute Gasteiger partial charge is 0.165 e. The molecule has 0 aliphatic rings. The van der Waals surface area contributed by atoms with E-state index in [1.807, 2.05) is 13.8 Å². The van der Waals surface area contributed by atoms with E-state index in [4.69, 9.17) is 10.5 Å². The van der Waals surface area contributed by atoms with Gasteiger partial charge in [0.25, 0.3) is 0 Å². The van der Waals surface area contributed by atoms with Crippen LogP contribution in [0.2, 0.25) is 0 Å². The number of methoxy groups -OCH3 is 1. The van der Waals surface area contributed by atoms with Crippen molar-refractivity contribution in [3.63, 3.8) is 0 Å². The lowest BCUT2D eigenvalue weighted by Crippen LogP contribution is -2.05. The third-order valence-corrected chi connectivity index (χ3v) is 3.13. The molecule has 0 spiro atoms. The molecule has 0 saturated heterocycles. The number of hydrogen-bond donors (Lipinski definition) is 1. The normalized spacial score (nSPS) is 10.6. The average Bonchev–Trinajstić information content (AvgIpc) is 2.43. The summed E-state index contributed by atoms with van der Waals surface area (Å²) >= 11 is 0. The second kappa shape index (κ2) is 5.86. The van der Waals surface area contributed by atoms with Gasteiger partial charge in [-0.25, -0.2) is 14.4 Å². The summed E-state index contributed by atoms with van der Waals surface area (Å²) in [5.41, 5.74) is 8.01. The van der Waals surface area contributed by atoms with Crippen molar-refractivity contribution in [2.24, 2.45) is 0 Å². The number of nitrogens with two attached hydrogens (primary N) is 1. The lowest BCUT2D eigenvalue weighted by Gasteiger charge is -2.11. The number of nitrogen functional groups attached to an aromatic ring is 1. The minimum atomic E-state index is -0.418. The monoisotopic (exact) mass is 275 g/mol. The van der Waals surface area contributed by atoms with Crippen LogP contribution < -0.4 is 10.5 Å². The fraction of sp³-hybridized carbons (Fsp3) is 0.333. The lowest BCUT2D eigenvalue weighted by molar-refractivity contribution is 0.386. The predicted molar refractivity (Wildman–Crippen MR) is 77.1 cm³/mol. The Hall–Kier alpha value is -2.17.